The summed E-state index contributed by atoms with van der Waals surface area (Å²) in [6, 6.07) is 13.8. The number of phenols is 1. The van der Waals surface area contributed by atoms with Crippen molar-refractivity contribution in [2.24, 2.45) is 5.92 Å². The van der Waals surface area contributed by atoms with Crippen LogP contribution < -0.4 is 0 Å². The summed E-state index contributed by atoms with van der Waals surface area (Å²) in [4.78, 5) is 28.5. The summed E-state index contributed by atoms with van der Waals surface area (Å²) in [6.45, 7) is 2.31. The monoisotopic (exact) mass is 421 g/mol. The molecule has 2 aromatic rings. The predicted octanol–water partition coefficient (Wildman–Crippen LogP) is 4.14. The molecule has 4 unspecified atom stereocenters. The Hall–Kier alpha value is -3.15. The van der Waals surface area contributed by atoms with Crippen LogP contribution in [0.4, 0.5) is 4.39 Å². The molecule has 1 aliphatic carbocycles. The maximum absolute atomic E-state index is 14.1. The number of nitrogens with zero attached hydrogens (tertiary/aromatic N) is 1. The molecule has 4 atom stereocenters. The van der Waals surface area contributed by atoms with Gasteiger partial charge in [0.15, 0.2) is 11.5 Å². The first-order valence-corrected chi connectivity index (χ1v) is 10.7. The number of fused-ring (bicyclic) bond motifs is 1. The average molecular weight is 421 g/mol. The molecule has 5 nitrogen and oxygen atoms in total. The van der Waals surface area contributed by atoms with Gasteiger partial charge in [-0.3, -0.25) is 9.59 Å². The molecule has 160 valence electrons. The quantitative estimate of drug-likeness (QED) is 0.809. The third-order valence-electron chi connectivity index (χ3n) is 6.56. The average Bonchev–Trinajstić information content (AvgIpc) is 3.03. The second kappa shape index (κ2) is 7.52. The second-order valence-corrected chi connectivity index (χ2v) is 8.69. The molecule has 0 radical (unpaired) electrons. The summed E-state index contributed by atoms with van der Waals surface area (Å²) in [7, 11) is 0. The molecule has 0 spiro atoms. The molecule has 6 heteroatoms. The largest absolute Gasteiger partial charge is 0.508 e. The summed E-state index contributed by atoms with van der Waals surface area (Å²) in [6.07, 6.45) is -0.552. The Labute approximate surface area is 180 Å². The van der Waals surface area contributed by atoms with Crippen LogP contribution in [0, 0.1) is 12.8 Å². The maximum atomic E-state index is 14.1. The number of hydrogen-bond acceptors (Lipinski definition) is 4. The zero-order valence-electron chi connectivity index (χ0n) is 17.3. The highest BCUT2D eigenvalue weighted by Gasteiger charge is 2.52. The van der Waals surface area contributed by atoms with Crippen molar-refractivity contribution < 1.29 is 23.8 Å². The van der Waals surface area contributed by atoms with E-state index in [1.165, 1.54) is 12.1 Å². The van der Waals surface area contributed by atoms with E-state index >= 15 is 0 Å². The molecule has 3 aliphatic rings. The summed E-state index contributed by atoms with van der Waals surface area (Å²) >= 11 is 0. The lowest BCUT2D eigenvalue weighted by molar-refractivity contribution is -0.136. The standard InChI is InChI=1S/C25H24FNO4/c1-14-2-4-15(5-3-14)13-27-22(16-6-9-18(28)10-7-16)21-23(29)19-12-17(26)8-11-20(19)31-24(21)25(27)30/h2-7,9-10,17,19-20,22,28H,8,11-13H2,1H3. The van der Waals surface area contributed by atoms with E-state index in [0.29, 0.717) is 30.5 Å². The Bertz CT molecular complexity index is 1060. The van der Waals surface area contributed by atoms with Gasteiger partial charge in [0.25, 0.3) is 5.91 Å². The summed E-state index contributed by atoms with van der Waals surface area (Å²) in [5, 5.41) is 9.72. The molecule has 5 rings (SSSR count). The smallest absolute Gasteiger partial charge is 0.290 e. The van der Waals surface area contributed by atoms with Crippen LogP contribution >= 0.6 is 0 Å². The van der Waals surface area contributed by atoms with Crippen LogP contribution in [0.5, 0.6) is 5.75 Å². The Balaban J connectivity index is 1.56. The van der Waals surface area contributed by atoms with Gasteiger partial charge in [0.2, 0.25) is 0 Å². The molecule has 0 bridgehead atoms. The molecule has 1 N–H and O–H groups in total. The van der Waals surface area contributed by atoms with Crippen LogP contribution in [-0.2, 0) is 20.9 Å². The van der Waals surface area contributed by atoms with E-state index in [1.54, 1.807) is 17.0 Å². The van der Waals surface area contributed by atoms with Crippen molar-refractivity contribution in [2.45, 2.75) is 51.0 Å². The molecule has 2 aliphatic heterocycles. The number of aryl methyl sites for hydroxylation is 1. The van der Waals surface area contributed by atoms with Crippen molar-refractivity contribution in [1.29, 1.82) is 0 Å². The second-order valence-electron chi connectivity index (χ2n) is 8.69. The van der Waals surface area contributed by atoms with Crippen molar-refractivity contribution in [3.8, 4) is 5.75 Å². The topological polar surface area (TPSA) is 66.8 Å². The first-order chi connectivity index (χ1) is 14.9. The maximum Gasteiger partial charge on any atom is 0.290 e. The van der Waals surface area contributed by atoms with Gasteiger partial charge in [0.1, 0.15) is 18.0 Å². The minimum Gasteiger partial charge on any atom is -0.508 e. The van der Waals surface area contributed by atoms with Gasteiger partial charge in [0.05, 0.1) is 17.5 Å². The lowest BCUT2D eigenvalue weighted by Crippen LogP contribution is -2.42. The SMILES string of the molecule is Cc1ccc(CN2C(=O)C3=C(C(=O)C4CC(F)CCC4O3)C2c2ccc(O)cc2)cc1. The number of carbonyl (C=O) groups excluding carboxylic acids is 2. The number of benzene rings is 2. The van der Waals surface area contributed by atoms with Gasteiger partial charge < -0.3 is 14.7 Å². The van der Waals surface area contributed by atoms with Gasteiger partial charge in [-0.2, -0.15) is 0 Å². The Kier molecular flexibility index (Phi) is 4.80. The highest BCUT2D eigenvalue weighted by molar-refractivity contribution is 6.11. The summed E-state index contributed by atoms with van der Waals surface area (Å²) in [5.74, 6) is -0.858. The number of ketones is 1. The van der Waals surface area contributed by atoms with E-state index < -0.39 is 24.2 Å². The molecule has 2 heterocycles. The van der Waals surface area contributed by atoms with Gasteiger partial charge in [-0.05, 0) is 49.4 Å². The molecular formula is C25H24FNO4. The van der Waals surface area contributed by atoms with E-state index in [9.17, 15) is 19.1 Å². The van der Waals surface area contributed by atoms with Crippen LogP contribution in [-0.4, -0.2) is 34.0 Å². The van der Waals surface area contributed by atoms with Gasteiger partial charge in [0, 0.05) is 6.54 Å². The van der Waals surface area contributed by atoms with Crippen LogP contribution in [0.1, 0.15) is 42.0 Å². The fourth-order valence-electron chi connectivity index (χ4n) is 4.92. The predicted molar refractivity (Wildman–Crippen MR) is 112 cm³/mol. The van der Waals surface area contributed by atoms with Crippen molar-refractivity contribution in [3.05, 3.63) is 76.6 Å². The molecule has 1 fully saturated rings. The number of amides is 1. The number of aromatic hydroxyl groups is 1. The normalized spacial score (nSPS) is 27.7. The van der Waals surface area contributed by atoms with Crippen LogP contribution in [0.25, 0.3) is 0 Å². The Morgan fingerprint density at radius 3 is 2.48 bits per heavy atom. The highest BCUT2D eigenvalue weighted by atomic mass is 19.1. The fraction of sp³-hybridized carbons (Fsp3) is 0.360. The third-order valence-corrected chi connectivity index (χ3v) is 6.56. The number of rotatable bonds is 3. The van der Waals surface area contributed by atoms with E-state index in [-0.39, 0.29) is 29.6 Å². The van der Waals surface area contributed by atoms with Gasteiger partial charge in [-0.25, -0.2) is 4.39 Å². The zero-order valence-corrected chi connectivity index (χ0v) is 17.3. The van der Waals surface area contributed by atoms with Crippen molar-refractivity contribution in [1.82, 2.24) is 4.90 Å². The lowest BCUT2D eigenvalue weighted by atomic mass is 9.77. The number of alkyl halides is 1. The number of hydrogen-bond donors (Lipinski definition) is 1. The number of carbonyl (C=O) groups is 2. The molecular weight excluding hydrogens is 397 g/mol. The molecule has 2 aromatic carbocycles. The zero-order chi connectivity index (χ0) is 21.7. The van der Waals surface area contributed by atoms with Crippen molar-refractivity contribution in [2.75, 3.05) is 0 Å². The number of phenolic OH excluding ortho intramolecular Hbond substituents is 1. The van der Waals surface area contributed by atoms with Crippen LogP contribution in [0.2, 0.25) is 0 Å². The van der Waals surface area contributed by atoms with Crippen molar-refractivity contribution >= 4 is 11.7 Å². The molecule has 1 amide bonds. The van der Waals surface area contributed by atoms with E-state index in [0.717, 1.165) is 11.1 Å². The Morgan fingerprint density at radius 1 is 1.06 bits per heavy atom. The summed E-state index contributed by atoms with van der Waals surface area (Å²) < 4.78 is 20.1. The summed E-state index contributed by atoms with van der Waals surface area (Å²) in [5.41, 5.74) is 3.09. The number of halogens is 1. The Morgan fingerprint density at radius 2 is 1.77 bits per heavy atom. The van der Waals surface area contributed by atoms with Gasteiger partial charge >= 0.3 is 0 Å². The van der Waals surface area contributed by atoms with Crippen LogP contribution in [0.3, 0.4) is 0 Å². The van der Waals surface area contributed by atoms with Gasteiger partial charge in [-0.1, -0.05) is 42.0 Å². The molecule has 0 saturated heterocycles. The minimum atomic E-state index is -1.02. The first-order valence-electron chi connectivity index (χ1n) is 10.7. The molecule has 0 aromatic heterocycles. The van der Waals surface area contributed by atoms with E-state index in [1.807, 2.05) is 31.2 Å². The molecule has 1 saturated carbocycles. The van der Waals surface area contributed by atoms with E-state index in [4.69, 9.17) is 4.74 Å². The number of ether oxygens (including phenoxy) is 1. The lowest BCUT2D eigenvalue weighted by Gasteiger charge is -2.36. The first kappa shape index (κ1) is 19.8. The van der Waals surface area contributed by atoms with Crippen molar-refractivity contribution in [3.63, 3.8) is 0 Å². The van der Waals surface area contributed by atoms with Crippen LogP contribution in [0.15, 0.2) is 59.9 Å². The third kappa shape index (κ3) is 3.40. The highest BCUT2D eigenvalue weighted by Crippen LogP contribution is 2.47. The minimum absolute atomic E-state index is 0.103. The van der Waals surface area contributed by atoms with E-state index in [2.05, 4.69) is 0 Å². The van der Waals surface area contributed by atoms with Gasteiger partial charge in [-0.15, -0.1) is 0 Å². The number of Topliss-reactive ketones (excluding diaryl/α,β-unsaturated/α-hetero) is 1. The molecule has 31 heavy (non-hydrogen) atoms. The fourth-order valence-corrected chi connectivity index (χ4v) is 4.92.